The molecule has 2 aromatic carbocycles. The van der Waals surface area contributed by atoms with Gasteiger partial charge in [0.15, 0.2) is 11.2 Å². The second-order valence-electron chi connectivity index (χ2n) is 8.10. The Bertz CT molecular complexity index is 1510. The molecule has 0 aliphatic carbocycles. The number of aromatic amines is 1. The fraction of sp³-hybridized carbons (Fsp3) is 0.148. The van der Waals surface area contributed by atoms with E-state index in [0.29, 0.717) is 16.8 Å². The number of rotatable bonds is 5. The van der Waals surface area contributed by atoms with E-state index in [2.05, 4.69) is 17.6 Å². The smallest absolute Gasteiger partial charge is 0.341 e. The van der Waals surface area contributed by atoms with Gasteiger partial charge in [0.1, 0.15) is 11.6 Å². The number of ether oxygens (including phenoxy) is 2. The standard InChI is InChI=1S/C27H22N4O4/c1-3-13-31-21-12-8-6-10-18(21)27(26(31)33)19(14-28)23(35-24(29)22(27)25(32)34-4-2)17-15-30-20-11-7-5-9-16(17)20/h3,5-12,15,30H,1,4,13,29H2,2H3/t27-/m1/s1. The second kappa shape index (κ2) is 8.22. The summed E-state index contributed by atoms with van der Waals surface area (Å²) in [7, 11) is 0. The van der Waals surface area contributed by atoms with Crippen LogP contribution in [-0.2, 0) is 24.5 Å². The fourth-order valence-corrected chi connectivity index (χ4v) is 4.98. The van der Waals surface area contributed by atoms with Gasteiger partial charge in [0.25, 0.3) is 0 Å². The van der Waals surface area contributed by atoms with Crippen molar-refractivity contribution in [3.8, 4) is 6.07 Å². The van der Waals surface area contributed by atoms with Crippen LogP contribution in [0.3, 0.4) is 0 Å². The van der Waals surface area contributed by atoms with E-state index >= 15 is 0 Å². The fourth-order valence-electron chi connectivity index (χ4n) is 4.98. The molecule has 3 heterocycles. The van der Waals surface area contributed by atoms with Gasteiger partial charge in [-0.15, -0.1) is 6.58 Å². The number of hydrogen-bond acceptors (Lipinski definition) is 6. The van der Waals surface area contributed by atoms with E-state index in [0.717, 1.165) is 10.9 Å². The van der Waals surface area contributed by atoms with Crippen LogP contribution in [0.25, 0.3) is 16.7 Å². The van der Waals surface area contributed by atoms with E-state index in [-0.39, 0.29) is 35.9 Å². The molecule has 0 radical (unpaired) electrons. The average molecular weight is 466 g/mol. The number of para-hydroxylation sites is 2. The molecule has 0 fully saturated rings. The molecule has 1 spiro atoms. The molecule has 8 heteroatoms. The molecule has 35 heavy (non-hydrogen) atoms. The third kappa shape index (κ3) is 2.91. The first-order valence-electron chi connectivity index (χ1n) is 11.1. The Kier molecular flexibility index (Phi) is 5.18. The Labute approximate surface area is 201 Å². The minimum Gasteiger partial charge on any atom is -0.462 e. The summed E-state index contributed by atoms with van der Waals surface area (Å²) in [5, 5.41) is 11.3. The summed E-state index contributed by atoms with van der Waals surface area (Å²) in [5.41, 5.74) is 6.67. The van der Waals surface area contributed by atoms with Gasteiger partial charge < -0.3 is 25.1 Å². The third-order valence-electron chi connectivity index (χ3n) is 6.34. The normalized spacial score (nSPS) is 19.1. The zero-order chi connectivity index (χ0) is 24.7. The van der Waals surface area contributed by atoms with Gasteiger partial charge in [-0.2, -0.15) is 5.26 Å². The molecule has 8 nitrogen and oxygen atoms in total. The summed E-state index contributed by atoms with van der Waals surface area (Å²) in [4.78, 5) is 32.2. The van der Waals surface area contributed by atoms with Gasteiger partial charge in [0, 0.05) is 40.5 Å². The van der Waals surface area contributed by atoms with Gasteiger partial charge in [-0.1, -0.05) is 42.5 Å². The van der Waals surface area contributed by atoms with Crippen LogP contribution in [0, 0.1) is 11.3 Å². The van der Waals surface area contributed by atoms with E-state index in [9.17, 15) is 14.9 Å². The number of nitrogens with zero attached hydrogens (tertiary/aromatic N) is 2. The molecule has 3 N–H and O–H groups in total. The number of carbonyl (C=O) groups excluding carboxylic acids is 2. The number of aromatic nitrogens is 1. The zero-order valence-electron chi connectivity index (χ0n) is 19.0. The maximum atomic E-state index is 14.3. The van der Waals surface area contributed by atoms with E-state index in [1.54, 1.807) is 43.5 Å². The quantitative estimate of drug-likeness (QED) is 0.437. The largest absolute Gasteiger partial charge is 0.462 e. The van der Waals surface area contributed by atoms with Crippen molar-refractivity contribution in [2.75, 3.05) is 18.1 Å². The number of nitrogens with two attached hydrogens (primary N) is 1. The molecule has 174 valence electrons. The topological polar surface area (TPSA) is 121 Å². The number of amides is 1. The monoisotopic (exact) mass is 466 g/mol. The maximum absolute atomic E-state index is 14.3. The van der Waals surface area contributed by atoms with Crippen LogP contribution < -0.4 is 10.6 Å². The molecule has 0 bridgehead atoms. The van der Waals surface area contributed by atoms with Crippen LogP contribution >= 0.6 is 0 Å². The summed E-state index contributed by atoms with van der Waals surface area (Å²) < 4.78 is 11.3. The van der Waals surface area contributed by atoms with Crippen LogP contribution in [0.1, 0.15) is 18.1 Å². The van der Waals surface area contributed by atoms with Crippen LogP contribution in [0.15, 0.2) is 84.4 Å². The summed E-state index contributed by atoms with van der Waals surface area (Å²) in [5.74, 6) is -1.49. The minimum atomic E-state index is -1.84. The molecule has 2 aliphatic heterocycles. The molecule has 0 saturated heterocycles. The van der Waals surface area contributed by atoms with E-state index in [4.69, 9.17) is 15.2 Å². The van der Waals surface area contributed by atoms with E-state index in [1.165, 1.54) is 4.90 Å². The number of benzene rings is 2. The lowest BCUT2D eigenvalue weighted by molar-refractivity contribution is -0.140. The highest BCUT2D eigenvalue weighted by molar-refractivity contribution is 6.20. The Balaban J connectivity index is 1.90. The van der Waals surface area contributed by atoms with Crippen molar-refractivity contribution in [2.45, 2.75) is 12.3 Å². The SMILES string of the molecule is C=CCN1C(=O)[C@@]2(C(C#N)=C(c3c[nH]c4ccccc34)OC(N)=C2C(=O)OCC)c2ccccc21. The van der Waals surface area contributed by atoms with Crippen LogP contribution in [0.5, 0.6) is 0 Å². The number of nitriles is 1. The Morgan fingerprint density at radius 3 is 2.77 bits per heavy atom. The lowest BCUT2D eigenvalue weighted by atomic mass is 9.67. The van der Waals surface area contributed by atoms with Crippen molar-refractivity contribution in [3.63, 3.8) is 0 Å². The molecule has 0 unspecified atom stereocenters. The Morgan fingerprint density at radius 2 is 2.03 bits per heavy atom. The summed E-state index contributed by atoms with van der Waals surface area (Å²) in [6.07, 6.45) is 3.28. The first kappa shape index (κ1) is 22.0. The summed E-state index contributed by atoms with van der Waals surface area (Å²) in [6, 6.07) is 16.7. The second-order valence-corrected chi connectivity index (χ2v) is 8.10. The molecule has 1 atom stereocenters. The van der Waals surface area contributed by atoms with Crippen molar-refractivity contribution in [1.82, 2.24) is 4.98 Å². The highest BCUT2D eigenvalue weighted by Crippen LogP contribution is 2.55. The molecule has 1 amide bonds. The minimum absolute atomic E-state index is 0.0384. The van der Waals surface area contributed by atoms with Gasteiger partial charge in [-0.05, 0) is 19.1 Å². The number of fused-ring (bicyclic) bond motifs is 3. The Hall–Kier alpha value is -4.77. The van der Waals surface area contributed by atoms with Crippen LogP contribution in [0.2, 0.25) is 0 Å². The maximum Gasteiger partial charge on any atom is 0.341 e. The number of hydrogen-bond donors (Lipinski definition) is 2. The van der Waals surface area contributed by atoms with Gasteiger partial charge in [-0.25, -0.2) is 4.79 Å². The van der Waals surface area contributed by atoms with E-state index < -0.39 is 17.3 Å². The number of nitrogens with one attached hydrogen (secondary N) is 1. The number of carbonyl (C=O) groups is 2. The summed E-state index contributed by atoms with van der Waals surface area (Å²) >= 11 is 0. The van der Waals surface area contributed by atoms with Gasteiger partial charge >= 0.3 is 5.97 Å². The van der Waals surface area contributed by atoms with Crippen LogP contribution in [-0.4, -0.2) is 30.0 Å². The molecule has 3 aromatic rings. The zero-order valence-corrected chi connectivity index (χ0v) is 19.0. The molecule has 0 saturated carbocycles. The molecule has 5 rings (SSSR count). The number of anilines is 1. The lowest BCUT2D eigenvalue weighted by Gasteiger charge is -2.35. The van der Waals surface area contributed by atoms with Gasteiger partial charge in [0.2, 0.25) is 11.8 Å². The highest BCUT2D eigenvalue weighted by atomic mass is 16.5. The van der Waals surface area contributed by atoms with Gasteiger partial charge in [0.05, 0.1) is 12.2 Å². The lowest BCUT2D eigenvalue weighted by Crippen LogP contribution is -2.48. The first-order valence-corrected chi connectivity index (χ1v) is 11.1. The molecular weight excluding hydrogens is 444 g/mol. The number of H-pyrrole nitrogens is 1. The van der Waals surface area contributed by atoms with E-state index in [1.807, 2.05) is 24.3 Å². The number of esters is 1. The first-order chi connectivity index (χ1) is 17.0. The summed E-state index contributed by atoms with van der Waals surface area (Å²) in [6.45, 7) is 5.65. The van der Waals surface area contributed by atoms with Crippen molar-refractivity contribution in [2.24, 2.45) is 5.73 Å². The molecule has 2 aliphatic rings. The van der Waals surface area contributed by atoms with Crippen molar-refractivity contribution in [1.29, 1.82) is 5.26 Å². The van der Waals surface area contributed by atoms with Crippen LogP contribution in [0.4, 0.5) is 5.69 Å². The van der Waals surface area contributed by atoms with Crippen molar-refractivity contribution >= 4 is 34.2 Å². The van der Waals surface area contributed by atoms with Crippen molar-refractivity contribution in [3.05, 3.63) is 95.5 Å². The highest BCUT2D eigenvalue weighted by Gasteiger charge is 2.62. The Morgan fingerprint density at radius 1 is 1.29 bits per heavy atom. The average Bonchev–Trinajstić information content (AvgIpc) is 3.39. The van der Waals surface area contributed by atoms with Crippen molar-refractivity contribution < 1.29 is 19.1 Å². The molecule has 1 aromatic heterocycles. The predicted octanol–water partition coefficient (Wildman–Crippen LogP) is 3.64. The molecular formula is C27H22N4O4. The predicted molar refractivity (Wildman–Crippen MR) is 130 cm³/mol. The third-order valence-corrected chi connectivity index (χ3v) is 6.34. The van der Waals surface area contributed by atoms with Gasteiger partial charge in [-0.3, -0.25) is 4.79 Å².